The number of aromatic carboxylic acids is 1. The zero-order valence-corrected chi connectivity index (χ0v) is 17.0. The summed E-state index contributed by atoms with van der Waals surface area (Å²) in [7, 11) is 1.57. The molecule has 0 saturated heterocycles. The molecule has 0 atom stereocenters. The van der Waals surface area contributed by atoms with Gasteiger partial charge in [0.15, 0.2) is 0 Å². The summed E-state index contributed by atoms with van der Waals surface area (Å²) < 4.78 is 20.5. The van der Waals surface area contributed by atoms with E-state index in [1.54, 1.807) is 42.1 Å². The molecule has 2 N–H and O–H groups in total. The van der Waals surface area contributed by atoms with Crippen LogP contribution >= 0.6 is 0 Å². The molecule has 31 heavy (non-hydrogen) atoms. The number of nitrogens with one attached hydrogen (secondary N) is 1. The molecule has 6 nitrogen and oxygen atoms in total. The number of carboxylic acid groups (broad SMARTS) is 1. The van der Waals surface area contributed by atoms with Crippen LogP contribution in [0.5, 0.6) is 5.75 Å². The number of carbonyl (C=O) groups is 1. The minimum atomic E-state index is -1.03. The Morgan fingerprint density at radius 3 is 2.52 bits per heavy atom. The van der Waals surface area contributed by atoms with Crippen molar-refractivity contribution in [3.05, 3.63) is 89.7 Å². The number of carboxylic acids is 1. The lowest BCUT2D eigenvalue weighted by Gasteiger charge is -2.14. The highest BCUT2D eigenvalue weighted by Gasteiger charge is 2.17. The minimum Gasteiger partial charge on any atom is -0.494 e. The topological polar surface area (TPSA) is 76.4 Å². The molecule has 0 bridgehead atoms. The van der Waals surface area contributed by atoms with E-state index >= 15 is 0 Å². The van der Waals surface area contributed by atoms with Gasteiger partial charge in [0.1, 0.15) is 23.1 Å². The standard InChI is InChI=1S/C24H20FN3O3/c1-15-7-12-19(18(13-15)24(29)30)26-23-14-20(16-8-10-17(25)11-9-16)27-28(23)21-5-3-4-6-22(21)31-2/h3-14,26H,1-2H3,(H,29,30). The number of hydrogen-bond donors (Lipinski definition) is 2. The first kappa shape index (κ1) is 20.2. The highest BCUT2D eigenvalue weighted by Crippen LogP contribution is 2.32. The van der Waals surface area contributed by atoms with E-state index in [0.29, 0.717) is 28.6 Å². The lowest BCUT2D eigenvalue weighted by atomic mass is 10.1. The second-order valence-corrected chi connectivity index (χ2v) is 6.98. The zero-order valence-electron chi connectivity index (χ0n) is 17.0. The second-order valence-electron chi connectivity index (χ2n) is 6.98. The van der Waals surface area contributed by atoms with Gasteiger partial charge in [0.05, 0.1) is 24.1 Å². The zero-order chi connectivity index (χ0) is 22.0. The fourth-order valence-electron chi connectivity index (χ4n) is 3.30. The molecule has 0 spiro atoms. The highest BCUT2D eigenvalue weighted by molar-refractivity contribution is 5.95. The first-order valence-electron chi connectivity index (χ1n) is 9.56. The molecule has 0 aliphatic carbocycles. The van der Waals surface area contributed by atoms with Crippen molar-refractivity contribution in [2.24, 2.45) is 0 Å². The van der Waals surface area contributed by atoms with Crippen molar-refractivity contribution in [3.63, 3.8) is 0 Å². The van der Waals surface area contributed by atoms with E-state index in [9.17, 15) is 14.3 Å². The molecule has 0 fully saturated rings. The van der Waals surface area contributed by atoms with Crippen molar-refractivity contribution >= 4 is 17.5 Å². The Hall–Kier alpha value is -4.13. The van der Waals surface area contributed by atoms with Crippen molar-refractivity contribution in [2.45, 2.75) is 6.92 Å². The molecule has 0 amide bonds. The molecule has 0 saturated carbocycles. The SMILES string of the molecule is COc1ccccc1-n1nc(-c2ccc(F)cc2)cc1Nc1ccc(C)cc1C(=O)O. The van der Waals surface area contributed by atoms with E-state index in [4.69, 9.17) is 4.74 Å². The molecule has 7 heteroatoms. The van der Waals surface area contributed by atoms with Crippen LogP contribution in [0.1, 0.15) is 15.9 Å². The Bertz CT molecular complexity index is 1250. The summed E-state index contributed by atoms with van der Waals surface area (Å²) in [5, 5.41) is 17.5. The van der Waals surface area contributed by atoms with Gasteiger partial charge in [0.25, 0.3) is 0 Å². The van der Waals surface area contributed by atoms with E-state index in [1.807, 2.05) is 37.3 Å². The van der Waals surface area contributed by atoms with Crippen molar-refractivity contribution < 1.29 is 19.0 Å². The van der Waals surface area contributed by atoms with Crippen molar-refractivity contribution in [2.75, 3.05) is 12.4 Å². The summed E-state index contributed by atoms with van der Waals surface area (Å²) in [4.78, 5) is 11.8. The number of methoxy groups -OCH3 is 1. The minimum absolute atomic E-state index is 0.149. The summed E-state index contributed by atoms with van der Waals surface area (Å²) in [6, 6.07) is 20.3. The lowest BCUT2D eigenvalue weighted by Crippen LogP contribution is -2.07. The molecule has 4 aromatic rings. The molecule has 3 aromatic carbocycles. The van der Waals surface area contributed by atoms with E-state index in [-0.39, 0.29) is 11.4 Å². The molecule has 156 valence electrons. The Morgan fingerprint density at radius 1 is 1.06 bits per heavy atom. The first-order chi connectivity index (χ1) is 15.0. The van der Waals surface area contributed by atoms with Crippen LogP contribution in [0.15, 0.2) is 72.8 Å². The Balaban J connectivity index is 1.86. The number of aryl methyl sites for hydroxylation is 1. The van der Waals surface area contributed by atoms with Gasteiger partial charge in [-0.25, -0.2) is 13.9 Å². The Kier molecular flexibility index (Phi) is 5.41. The number of nitrogens with zero attached hydrogens (tertiary/aromatic N) is 2. The summed E-state index contributed by atoms with van der Waals surface area (Å²) in [6.07, 6.45) is 0. The molecular weight excluding hydrogens is 397 g/mol. The molecule has 0 unspecified atom stereocenters. The van der Waals surface area contributed by atoms with Gasteiger partial charge >= 0.3 is 5.97 Å². The van der Waals surface area contributed by atoms with Crippen molar-refractivity contribution in [3.8, 4) is 22.7 Å². The Labute approximate surface area is 178 Å². The number of hydrogen-bond acceptors (Lipinski definition) is 4. The monoisotopic (exact) mass is 417 g/mol. The molecular formula is C24H20FN3O3. The molecule has 0 aliphatic heterocycles. The number of halogens is 1. The molecule has 4 rings (SSSR count). The summed E-state index contributed by atoms with van der Waals surface area (Å²) >= 11 is 0. The predicted octanol–water partition coefficient (Wildman–Crippen LogP) is 5.44. The number of rotatable bonds is 6. The quantitative estimate of drug-likeness (QED) is 0.437. The Morgan fingerprint density at radius 2 is 1.81 bits per heavy atom. The van der Waals surface area contributed by atoms with Crippen LogP contribution in [0.2, 0.25) is 0 Å². The van der Waals surface area contributed by atoms with Gasteiger partial charge in [-0.3, -0.25) is 0 Å². The average Bonchev–Trinajstić information content (AvgIpc) is 3.18. The van der Waals surface area contributed by atoms with Crippen LogP contribution in [-0.2, 0) is 0 Å². The highest BCUT2D eigenvalue weighted by atomic mass is 19.1. The van der Waals surface area contributed by atoms with Crippen LogP contribution in [0, 0.1) is 12.7 Å². The smallest absolute Gasteiger partial charge is 0.337 e. The number of ether oxygens (including phenoxy) is 1. The summed E-state index contributed by atoms with van der Waals surface area (Å²) in [5.74, 6) is -0.234. The third kappa shape index (κ3) is 4.11. The number of para-hydroxylation sites is 2. The maximum Gasteiger partial charge on any atom is 0.337 e. The van der Waals surface area contributed by atoms with Crippen LogP contribution in [-0.4, -0.2) is 28.0 Å². The molecule has 0 radical (unpaired) electrons. The van der Waals surface area contributed by atoms with Gasteiger partial charge in [-0.15, -0.1) is 0 Å². The molecule has 1 aromatic heterocycles. The van der Waals surface area contributed by atoms with E-state index in [0.717, 1.165) is 11.1 Å². The summed E-state index contributed by atoms with van der Waals surface area (Å²) in [6.45, 7) is 1.84. The maximum absolute atomic E-state index is 13.4. The molecule has 1 heterocycles. The third-order valence-corrected chi connectivity index (χ3v) is 4.83. The predicted molar refractivity (Wildman–Crippen MR) is 117 cm³/mol. The van der Waals surface area contributed by atoms with Gasteiger partial charge < -0.3 is 15.2 Å². The fraction of sp³-hybridized carbons (Fsp3) is 0.0833. The fourth-order valence-corrected chi connectivity index (χ4v) is 3.30. The largest absolute Gasteiger partial charge is 0.494 e. The van der Waals surface area contributed by atoms with Gasteiger partial charge in [-0.2, -0.15) is 5.10 Å². The first-order valence-corrected chi connectivity index (χ1v) is 9.56. The lowest BCUT2D eigenvalue weighted by molar-refractivity contribution is 0.0698. The second kappa shape index (κ2) is 8.31. The third-order valence-electron chi connectivity index (χ3n) is 4.83. The maximum atomic E-state index is 13.4. The summed E-state index contributed by atoms with van der Waals surface area (Å²) in [5.41, 5.74) is 3.41. The number of benzene rings is 3. The average molecular weight is 417 g/mol. The van der Waals surface area contributed by atoms with E-state index in [1.165, 1.54) is 12.1 Å². The van der Waals surface area contributed by atoms with Gasteiger partial charge in [-0.05, 0) is 55.5 Å². The van der Waals surface area contributed by atoms with Crippen molar-refractivity contribution in [1.29, 1.82) is 0 Å². The molecule has 0 aliphatic rings. The van der Waals surface area contributed by atoms with Gasteiger partial charge in [-0.1, -0.05) is 23.8 Å². The van der Waals surface area contributed by atoms with Crippen LogP contribution in [0.25, 0.3) is 16.9 Å². The normalized spacial score (nSPS) is 10.7. The van der Waals surface area contributed by atoms with E-state index < -0.39 is 5.97 Å². The van der Waals surface area contributed by atoms with Gasteiger partial charge in [0, 0.05) is 11.6 Å². The van der Waals surface area contributed by atoms with Crippen LogP contribution in [0.4, 0.5) is 15.9 Å². The van der Waals surface area contributed by atoms with Crippen LogP contribution in [0.3, 0.4) is 0 Å². The van der Waals surface area contributed by atoms with Gasteiger partial charge in [0.2, 0.25) is 0 Å². The van der Waals surface area contributed by atoms with Crippen molar-refractivity contribution in [1.82, 2.24) is 9.78 Å². The van der Waals surface area contributed by atoms with Crippen LogP contribution < -0.4 is 10.1 Å². The van der Waals surface area contributed by atoms with E-state index in [2.05, 4.69) is 10.4 Å². The number of anilines is 2. The number of aromatic nitrogens is 2.